The summed E-state index contributed by atoms with van der Waals surface area (Å²) in [5.41, 5.74) is -0.574. The van der Waals surface area contributed by atoms with Crippen LogP contribution in [0.5, 0.6) is 0 Å². The molecule has 10 heteroatoms. The van der Waals surface area contributed by atoms with Crippen molar-refractivity contribution >= 4 is 29.5 Å². The van der Waals surface area contributed by atoms with Crippen molar-refractivity contribution in [2.24, 2.45) is 0 Å². The van der Waals surface area contributed by atoms with E-state index < -0.39 is 29.8 Å². The molecule has 0 N–H and O–H groups in total. The summed E-state index contributed by atoms with van der Waals surface area (Å²) in [6.07, 6.45) is -4.67. The van der Waals surface area contributed by atoms with E-state index in [1.807, 2.05) is 0 Å². The first-order chi connectivity index (χ1) is 12.7. The standard InChI is InChI=1S/C17H16ClF3N2O4/c18-13-3-1-10(7-12(13)17(19,20)21)2-4-14(24)22-6-5-11(8-22)23-15(25)9-27-16(23)26/h1,3,7,11H,2,4-6,8-9H2. The molecule has 6 nitrogen and oxygen atoms in total. The van der Waals surface area contributed by atoms with Gasteiger partial charge in [0.25, 0.3) is 5.91 Å². The quantitative estimate of drug-likeness (QED) is 0.774. The number of hydrogen-bond donors (Lipinski definition) is 0. The highest BCUT2D eigenvalue weighted by molar-refractivity contribution is 6.31. The number of rotatable bonds is 4. The summed E-state index contributed by atoms with van der Waals surface area (Å²) in [4.78, 5) is 38.1. The molecule has 0 aliphatic carbocycles. The van der Waals surface area contributed by atoms with Gasteiger partial charge < -0.3 is 9.64 Å². The molecular formula is C17H16ClF3N2O4. The Kier molecular flexibility index (Phi) is 5.32. The number of halogens is 4. The molecule has 3 rings (SSSR count). The highest BCUT2D eigenvalue weighted by atomic mass is 35.5. The van der Waals surface area contributed by atoms with Gasteiger partial charge in [-0.15, -0.1) is 0 Å². The van der Waals surface area contributed by atoms with Crippen LogP contribution in [0.25, 0.3) is 0 Å². The Morgan fingerprint density at radius 1 is 1.30 bits per heavy atom. The van der Waals surface area contributed by atoms with Crippen LogP contribution in [-0.2, 0) is 26.9 Å². The SMILES string of the molecule is O=C(CCc1ccc(Cl)c(C(F)(F)F)c1)N1CCC(N2C(=O)COC2=O)C1. The van der Waals surface area contributed by atoms with Crippen molar-refractivity contribution in [3.8, 4) is 0 Å². The number of alkyl halides is 3. The van der Waals surface area contributed by atoms with Crippen molar-refractivity contribution < 1.29 is 32.3 Å². The van der Waals surface area contributed by atoms with Gasteiger partial charge >= 0.3 is 12.3 Å². The van der Waals surface area contributed by atoms with E-state index in [0.717, 1.165) is 11.0 Å². The number of imide groups is 1. The van der Waals surface area contributed by atoms with Gasteiger partial charge in [0.05, 0.1) is 16.6 Å². The predicted molar refractivity (Wildman–Crippen MR) is 88.0 cm³/mol. The number of nitrogens with zero attached hydrogens (tertiary/aromatic N) is 2. The van der Waals surface area contributed by atoms with E-state index in [2.05, 4.69) is 4.74 Å². The van der Waals surface area contributed by atoms with Gasteiger partial charge in [-0.1, -0.05) is 17.7 Å². The van der Waals surface area contributed by atoms with E-state index in [0.29, 0.717) is 18.5 Å². The fourth-order valence-electron chi connectivity index (χ4n) is 3.25. The van der Waals surface area contributed by atoms with Gasteiger partial charge in [0.2, 0.25) is 5.91 Å². The third-order valence-corrected chi connectivity index (χ3v) is 4.96. The van der Waals surface area contributed by atoms with E-state index in [4.69, 9.17) is 11.6 Å². The molecule has 2 aliphatic rings. The molecule has 3 amide bonds. The zero-order valence-electron chi connectivity index (χ0n) is 14.1. The van der Waals surface area contributed by atoms with Gasteiger partial charge in [0, 0.05) is 19.5 Å². The van der Waals surface area contributed by atoms with Crippen LogP contribution < -0.4 is 0 Å². The van der Waals surface area contributed by atoms with Gasteiger partial charge in [-0.2, -0.15) is 13.2 Å². The lowest BCUT2D eigenvalue weighted by Gasteiger charge is -2.20. The molecular weight excluding hydrogens is 389 g/mol. The van der Waals surface area contributed by atoms with Crippen molar-refractivity contribution in [3.05, 3.63) is 34.3 Å². The average molecular weight is 405 g/mol. The van der Waals surface area contributed by atoms with E-state index in [1.54, 1.807) is 0 Å². The fourth-order valence-corrected chi connectivity index (χ4v) is 3.48. The molecule has 0 radical (unpaired) electrons. The molecule has 2 heterocycles. The normalized spacial score (nSPS) is 20.4. The number of hydrogen-bond acceptors (Lipinski definition) is 4. The Hall–Kier alpha value is -2.29. The summed E-state index contributed by atoms with van der Waals surface area (Å²) < 4.78 is 43.4. The number of benzene rings is 1. The number of likely N-dealkylation sites (tertiary alicyclic amines) is 1. The summed E-state index contributed by atoms with van der Waals surface area (Å²) >= 11 is 5.58. The predicted octanol–water partition coefficient (Wildman–Crippen LogP) is 2.87. The molecule has 0 aromatic heterocycles. The molecule has 2 aliphatic heterocycles. The number of carbonyl (C=O) groups is 3. The monoisotopic (exact) mass is 404 g/mol. The molecule has 27 heavy (non-hydrogen) atoms. The van der Waals surface area contributed by atoms with Crippen molar-refractivity contribution in [2.75, 3.05) is 19.7 Å². The summed E-state index contributed by atoms with van der Waals surface area (Å²) in [6, 6.07) is 3.14. The van der Waals surface area contributed by atoms with Crippen LogP contribution in [0.4, 0.5) is 18.0 Å². The molecule has 1 unspecified atom stereocenters. The van der Waals surface area contributed by atoms with Gasteiger partial charge in [-0.05, 0) is 30.5 Å². The van der Waals surface area contributed by atoms with Gasteiger partial charge in [-0.25, -0.2) is 9.69 Å². The molecule has 1 atom stereocenters. The van der Waals surface area contributed by atoms with Crippen molar-refractivity contribution in [3.63, 3.8) is 0 Å². The molecule has 2 saturated heterocycles. The number of ether oxygens (including phenoxy) is 1. The minimum Gasteiger partial charge on any atom is -0.439 e. The maximum atomic E-state index is 12.9. The summed E-state index contributed by atoms with van der Waals surface area (Å²) in [6.45, 7) is 0.282. The lowest BCUT2D eigenvalue weighted by molar-refractivity contribution is -0.137. The summed E-state index contributed by atoms with van der Waals surface area (Å²) in [7, 11) is 0. The van der Waals surface area contributed by atoms with Crippen LogP contribution in [0.3, 0.4) is 0 Å². The fraction of sp³-hybridized carbons (Fsp3) is 0.471. The maximum Gasteiger partial charge on any atom is 0.417 e. The number of aryl methyl sites for hydroxylation is 1. The molecule has 146 valence electrons. The minimum atomic E-state index is -4.56. The average Bonchev–Trinajstić information content (AvgIpc) is 3.19. The van der Waals surface area contributed by atoms with Crippen LogP contribution in [0.1, 0.15) is 24.0 Å². The lowest BCUT2D eigenvalue weighted by atomic mass is 10.1. The van der Waals surface area contributed by atoms with Crippen LogP contribution in [-0.4, -0.2) is 53.4 Å². The zero-order valence-corrected chi connectivity index (χ0v) is 14.8. The first kappa shape index (κ1) is 19.5. The Morgan fingerprint density at radius 3 is 2.67 bits per heavy atom. The molecule has 1 aromatic rings. The topological polar surface area (TPSA) is 66.9 Å². The van der Waals surface area contributed by atoms with Crippen LogP contribution >= 0.6 is 11.6 Å². The van der Waals surface area contributed by atoms with Crippen LogP contribution in [0, 0.1) is 0 Å². The smallest absolute Gasteiger partial charge is 0.417 e. The van der Waals surface area contributed by atoms with E-state index in [1.165, 1.54) is 17.0 Å². The van der Waals surface area contributed by atoms with Gasteiger partial charge in [0.1, 0.15) is 0 Å². The lowest BCUT2D eigenvalue weighted by Crippen LogP contribution is -2.42. The first-order valence-corrected chi connectivity index (χ1v) is 8.67. The van der Waals surface area contributed by atoms with E-state index >= 15 is 0 Å². The molecule has 2 fully saturated rings. The van der Waals surface area contributed by atoms with E-state index in [9.17, 15) is 27.6 Å². The second-order valence-corrected chi connectivity index (χ2v) is 6.82. The van der Waals surface area contributed by atoms with Crippen molar-refractivity contribution in [2.45, 2.75) is 31.5 Å². The molecule has 1 aromatic carbocycles. The summed E-state index contributed by atoms with van der Waals surface area (Å²) in [5.74, 6) is -0.679. The highest BCUT2D eigenvalue weighted by Gasteiger charge is 2.41. The van der Waals surface area contributed by atoms with Crippen molar-refractivity contribution in [1.82, 2.24) is 9.80 Å². The van der Waals surface area contributed by atoms with Crippen LogP contribution in [0.15, 0.2) is 18.2 Å². The molecule has 0 saturated carbocycles. The van der Waals surface area contributed by atoms with E-state index in [-0.39, 0.29) is 36.9 Å². The maximum absolute atomic E-state index is 12.9. The molecule has 0 spiro atoms. The Labute approximate surface area is 157 Å². The zero-order chi connectivity index (χ0) is 19.8. The van der Waals surface area contributed by atoms with Crippen molar-refractivity contribution in [1.29, 1.82) is 0 Å². The first-order valence-electron chi connectivity index (χ1n) is 8.29. The minimum absolute atomic E-state index is 0.0179. The second kappa shape index (κ2) is 7.38. The second-order valence-electron chi connectivity index (χ2n) is 6.41. The van der Waals surface area contributed by atoms with Gasteiger partial charge in [0.15, 0.2) is 6.61 Å². The number of amides is 3. The highest BCUT2D eigenvalue weighted by Crippen LogP contribution is 2.35. The Morgan fingerprint density at radius 2 is 2.04 bits per heavy atom. The Bertz CT molecular complexity index is 768. The van der Waals surface area contributed by atoms with Crippen LogP contribution in [0.2, 0.25) is 5.02 Å². The number of cyclic esters (lactones) is 1. The third kappa shape index (κ3) is 4.18. The third-order valence-electron chi connectivity index (χ3n) is 4.63. The number of carbonyl (C=O) groups excluding carboxylic acids is 3. The largest absolute Gasteiger partial charge is 0.439 e. The summed E-state index contributed by atoms with van der Waals surface area (Å²) in [5, 5.41) is -0.387. The molecule has 0 bridgehead atoms. The Balaban J connectivity index is 1.58. The van der Waals surface area contributed by atoms with Gasteiger partial charge in [-0.3, -0.25) is 9.59 Å².